The number of nitrogens with one attached hydrogen (secondary N) is 1. The molecule has 0 saturated carbocycles. The van der Waals surface area contributed by atoms with E-state index in [4.69, 9.17) is 10.5 Å². The van der Waals surface area contributed by atoms with Gasteiger partial charge < -0.3 is 20.7 Å². The highest BCUT2D eigenvalue weighted by Gasteiger charge is 2.36. The maximum absolute atomic E-state index is 15.3. The summed E-state index contributed by atoms with van der Waals surface area (Å²) in [6.07, 6.45) is 4.21. The third-order valence-corrected chi connectivity index (χ3v) is 6.13. The molecule has 0 aliphatic carbocycles. The van der Waals surface area contributed by atoms with E-state index in [1.165, 1.54) is 6.07 Å². The van der Waals surface area contributed by atoms with Gasteiger partial charge >= 0.3 is 0 Å². The molecule has 1 aromatic carbocycles. The Labute approximate surface area is 208 Å². The largest absolute Gasteiger partial charge is 0.481 e. The first-order chi connectivity index (χ1) is 17.1. The molecule has 8 nitrogen and oxygen atoms in total. The van der Waals surface area contributed by atoms with Crippen molar-refractivity contribution in [3.8, 4) is 17.0 Å². The molecular formula is C26H30F2N6O2. The van der Waals surface area contributed by atoms with E-state index in [-0.39, 0.29) is 41.3 Å². The molecule has 0 radical (unpaired) electrons. The number of amides is 1. The summed E-state index contributed by atoms with van der Waals surface area (Å²) < 4.78 is 36.0. The van der Waals surface area contributed by atoms with Crippen LogP contribution < -0.4 is 20.7 Å². The third kappa shape index (κ3) is 5.53. The number of pyridine rings is 1. The Morgan fingerprint density at radius 2 is 2.00 bits per heavy atom. The molecule has 190 valence electrons. The number of halogens is 2. The number of rotatable bonds is 8. The predicted octanol–water partition coefficient (Wildman–Crippen LogP) is 4.75. The van der Waals surface area contributed by atoms with E-state index in [1.807, 2.05) is 13.8 Å². The second kappa shape index (κ2) is 10.0. The minimum Gasteiger partial charge on any atom is -0.481 e. The van der Waals surface area contributed by atoms with Crippen molar-refractivity contribution in [1.29, 1.82) is 0 Å². The molecule has 0 saturated heterocycles. The molecule has 10 heteroatoms. The van der Waals surface area contributed by atoms with Gasteiger partial charge in [-0.2, -0.15) is 0 Å². The molecule has 3 heterocycles. The summed E-state index contributed by atoms with van der Waals surface area (Å²) in [5.74, 6) is -0.941. The summed E-state index contributed by atoms with van der Waals surface area (Å²) in [6, 6.07) is 6.57. The van der Waals surface area contributed by atoms with Crippen LogP contribution in [0, 0.1) is 11.6 Å². The maximum atomic E-state index is 15.3. The van der Waals surface area contributed by atoms with Crippen LogP contribution in [0.15, 0.2) is 36.7 Å². The lowest BCUT2D eigenvalue weighted by Gasteiger charge is -2.44. The van der Waals surface area contributed by atoms with E-state index in [9.17, 15) is 9.18 Å². The van der Waals surface area contributed by atoms with Crippen LogP contribution in [0.5, 0.6) is 5.75 Å². The molecular weight excluding hydrogens is 466 g/mol. The van der Waals surface area contributed by atoms with E-state index < -0.39 is 17.2 Å². The zero-order chi connectivity index (χ0) is 26.0. The molecule has 1 atom stereocenters. The Bertz CT molecular complexity index is 1270. The number of benzene rings is 1. The van der Waals surface area contributed by atoms with Crippen molar-refractivity contribution in [3.63, 3.8) is 0 Å². The van der Waals surface area contributed by atoms with Crippen molar-refractivity contribution in [3.05, 3.63) is 53.9 Å². The van der Waals surface area contributed by atoms with Gasteiger partial charge in [-0.05, 0) is 57.4 Å². The number of carbonyl (C=O) groups is 1. The number of carbonyl (C=O) groups excluding carboxylic acids is 1. The van der Waals surface area contributed by atoms with E-state index >= 15 is 4.39 Å². The van der Waals surface area contributed by atoms with Crippen LogP contribution in [0.2, 0.25) is 0 Å². The maximum Gasteiger partial charge on any atom is 0.229 e. The Balaban J connectivity index is 1.64. The fraction of sp³-hybridized carbons (Fsp3) is 0.385. The summed E-state index contributed by atoms with van der Waals surface area (Å²) in [4.78, 5) is 25.6. The molecule has 0 fully saturated rings. The lowest BCUT2D eigenvalue weighted by atomic mass is 10.00. The monoisotopic (exact) mass is 496 g/mol. The first kappa shape index (κ1) is 25.3. The van der Waals surface area contributed by atoms with Gasteiger partial charge in [-0.1, -0.05) is 13.0 Å². The lowest BCUT2D eigenvalue weighted by molar-refractivity contribution is -0.117. The molecule has 1 amide bonds. The smallest absolute Gasteiger partial charge is 0.229 e. The van der Waals surface area contributed by atoms with Crippen LogP contribution in [0.4, 0.5) is 26.2 Å². The minimum absolute atomic E-state index is 0.0405. The molecule has 3 N–H and O–H groups in total. The van der Waals surface area contributed by atoms with Gasteiger partial charge in [0.25, 0.3) is 0 Å². The number of aryl methyl sites for hydroxylation is 1. The minimum atomic E-state index is -0.679. The highest BCUT2D eigenvalue weighted by atomic mass is 19.1. The average Bonchev–Trinajstić information content (AvgIpc) is 2.84. The van der Waals surface area contributed by atoms with Crippen molar-refractivity contribution in [1.82, 2.24) is 15.0 Å². The molecule has 0 spiro atoms. The Morgan fingerprint density at radius 1 is 1.22 bits per heavy atom. The fourth-order valence-corrected chi connectivity index (χ4v) is 4.11. The number of nitrogens with zero attached hydrogens (tertiary/aromatic N) is 4. The molecule has 36 heavy (non-hydrogen) atoms. The SMILES string of the molecule is CCC(C)N1CC(C)(C)Oc2c(F)cc(-c3nc(Nc4ccc(CCC(N)=O)cn4)ncc3F)cc21. The molecule has 0 bridgehead atoms. The fourth-order valence-electron chi connectivity index (χ4n) is 4.11. The van der Waals surface area contributed by atoms with Crippen molar-refractivity contribution in [2.75, 3.05) is 16.8 Å². The number of hydrogen-bond donors (Lipinski definition) is 2. The van der Waals surface area contributed by atoms with Crippen LogP contribution in [-0.2, 0) is 11.2 Å². The van der Waals surface area contributed by atoms with E-state index in [0.717, 1.165) is 18.2 Å². The van der Waals surface area contributed by atoms with Crippen molar-refractivity contribution in [2.45, 2.75) is 58.6 Å². The van der Waals surface area contributed by atoms with Crippen LogP contribution in [0.25, 0.3) is 11.3 Å². The molecule has 4 rings (SSSR count). The van der Waals surface area contributed by atoms with E-state index in [0.29, 0.717) is 24.5 Å². The van der Waals surface area contributed by atoms with Crippen molar-refractivity contribution < 1.29 is 18.3 Å². The van der Waals surface area contributed by atoms with Gasteiger partial charge in [0.2, 0.25) is 11.9 Å². The third-order valence-electron chi connectivity index (χ3n) is 6.13. The first-order valence-electron chi connectivity index (χ1n) is 11.9. The first-order valence-corrected chi connectivity index (χ1v) is 11.9. The zero-order valence-electron chi connectivity index (χ0n) is 20.8. The van der Waals surface area contributed by atoms with Gasteiger partial charge in [0.05, 0.1) is 18.4 Å². The number of nitrogens with two attached hydrogens (primary N) is 1. The Kier molecular flexibility index (Phi) is 7.05. The molecule has 2 aromatic heterocycles. The quantitative estimate of drug-likeness (QED) is 0.463. The van der Waals surface area contributed by atoms with Crippen LogP contribution in [-0.4, -0.2) is 39.0 Å². The van der Waals surface area contributed by atoms with Gasteiger partial charge in [0.15, 0.2) is 17.4 Å². The van der Waals surface area contributed by atoms with E-state index in [1.54, 1.807) is 24.4 Å². The Morgan fingerprint density at radius 3 is 2.67 bits per heavy atom. The lowest BCUT2D eigenvalue weighted by Crippen LogP contribution is -2.50. The van der Waals surface area contributed by atoms with Gasteiger partial charge in [-0.25, -0.2) is 23.7 Å². The zero-order valence-corrected chi connectivity index (χ0v) is 20.8. The van der Waals surface area contributed by atoms with Gasteiger partial charge in [0, 0.05) is 24.2 Å². The molecule has 1 unspecified atom stereocenters. The van der Waals surface area contributed by atoms with Gasteiger partial charge in [0.1, 0.15) is 17.1 Å². The van der Waals surface area contributed by atoms with Gasteiger partial charge in [-0.3, -0.25) is 4.79 Å². The average molecular weight is 497 g/mol. The summed E-state index contributed by atoms with van der Waals surface area (Å²) >= 11 is 0. The Hall–Kier alpha value is -3.82. The van der Waals surface area contributed by atoms with Crippen LogP contribution in [0.3, 0.4) is 0 Å². The normalized spacial score (nSPS) is 15.1. The number of anilines is 3. The number of primary amides is 1. The number of ether oxygens (including phenoxy) is 1. The number of hydrogen-bond acceptors (Lipinski definition) is 7. The van der Waals surface area contributed by atoms with Crippen molar-refractivity contribution >= 4 is 23.4 Å². The molecule has 3 aromatic rings. The topological polar surface area (TPSA) is 106 Å². The second-order valence-electron chi connectivity index (χ2n) is 9.59. The summed E-state index contributed by atoms with van der Waals surface area (Å²) in [5.41, 5.74) is 6.27. The predicted molar refractivity (Wildman–Crippen MR) is 134 cm³/mol. The highest BCUT2D eigenvalue weighted by Crippen LogP contribution is 2.43. The van der Waals surface area contributed by atoms with Crippen LogP contribution >= 0.6 is 0 Å². The van der Waals surface area contributed by atoms with Crippen molar-refractivity contribution in [2.24, 2.45) is 5.73 Å². The van der Waals surface area contributed by atoms with Gasteiger partial charge in [-0.15, -0.1) is 0 Å². The number of fused-ring (bicyclic) bond motifs is 1. The summed E-state index contributed by atoms with van der Waals surface area (Å²) in [7, 11) is 0. The summed E-state index contributed by atoms with van der Waals surface area (Å²) in [6.45, 7) is 8.53. The standard InChI is InChI=1S/C26H30F2N6O2/c1-5-15(2)34-14-26(3,4)36-24-18(27)10-17(11-20(24)34)23-19(28)13-31-25(33-23)32-22-9-7-16(12-30-22)6-8-21(29)35/h7,9-13,15H,5-6,8,14H2,1-4H3,(H2,29,35)(H,30,31,32,33). The van der Waals surface area contributed by atoms with Crippen LogP contribution in [0.1, 0.15) is 46.1 Å². The van der Waals surface area contributed by atoms with E-state index in [2.05, 4.69) is 39.0 Å². The number of aromatic nitrogens is 3. The summed E-state index contributed by atoms with van der Waals surface area (Å²) in [5, 5.41) is 2.94. The highest BCUT2D eigenvalue weighted by molar-refractivity contribution is 5.74. The molecule has 1 aliphatic heterocycles. The molecule has 1 aliphatic rings. The second-order valence-corrected chi connectivity index (χ2v) is 9.59.